The summed E-state index contributed by atoms with van der Waals surface area (Å²) in [5.74, 6) is 0.817. The van der Waals surface area contributed by atoms with Gasteiger partial charge < -0.3 is 10.4 Å². The van der Waals surface area contributed by atoms with Crippen molar-refractivity contribution < 1.29 is 5.11 Å². The predicted molar refractivity (Wildman–Crippen MR) is 48.2 cm³/mol. The third kappa shape index (κ3) is 2.23. The normalized spacial score (nSPS) is 10.7. The Morgan fingerprint density at radius 2 is 2.42 bits per heavy atom. The molecule has 0 bridgehead atoms. The lowest BCUT2D eigenvalue weighted by Gasteiger charge is -2.03. The van der Waals surface area contributed by atoms with Crippen LogP contribution in [0.1, 0.15) is 19.9 Å². The van der Waals surface area contributed by atoms with Crippen molar-refractivity contribution in [1.82, 2.24) is 9.78 Å². The van der Waals surface area contributed by atoms with Crippen LogP contribution < -0.4 is 5.32 Å². The minimum absolute atomic E-state index is 0.133. The number of aliphatic hydroxyl groups is 1. The van der Waals surface area contributed by atoms with Crippen LogP contribution in [0, 0.1) is 0 Å². The van der Waals surface area contributed by atoms with Gasteiger partial charge in [0.05, 0.1) is 6.61 Å². The molecule has 0 aliphatic rings. The molecule has 0 aromatic carbocycles. The molecule has 0 saturated carbocycles. The first kappa shape index (κ1) is 9.06. The Morgan fingerprint density at radius 1 is 1.67 bits per heavy atom. The van der Waals surface area contributed by atoms with E-state index in [1.54, 1.807) is 0 Å². The van der Waals surface area contributed by atoms with Crippen molar-refractivity contribution in [3.05, 3.63) is 12.3 Å². The molecule has 12 heavy (non-hydrogen) atoms. The zero-order valence-electron chi connectivity index (χ0n) is 7.49. The summed E-state index contributed by atoms with van der Waals surface area (Å²) in [6.07, 6.45) is 1.92. The Hall–Kier alpha value is -1.03. The molecular formula is C8H15N3O. The van der Waals surface area contributed by atoms with Crippen molar-refractivity contribution >= 4 is 5.82 Å². The Morgan fingerprint density at radius 3 is 2.92 bits per heavy atom. The van der Waals surface area contributed by atoms with E-state index < -0.39 is 0 Å². The standard InChI is InChI=1S/C8H15N3O/c1-7(2)11-5-3-8(10-11)9-4-6-12/h3,5,7,12H,4,6H2,1-2H3,(H,9,10). The smallest absolute Gasteiger partial charge is 0.148 e. The van der Waals surface area contributed by atoms with E-state index >= 15 is 0 Å². The lowest BCUT2D eigenvalue weighted by molar-refractivity contribution is 0.311. The van der Waals surface area contributed by atoms with Crippen LogP contribution in [-0.4, -0.2) is 28.0 Å². The fraction of sp³-hybridized carbons (Fsp3) is 0.625. The monoisotopic (exact) mass is 169 g/mol. The minimum Gasteiger partial charge on any atom is -0.395 e. The largest absolute Gasteiger partial charge is 0.395 e. The molecule has 0 radical (unpaired) electrons. The number of aromatic nitrogens is 2. The Kier molecular flexibility index (Phi) is 3.10. The number of anilines is 1. The average molecular weight is 169 g/mol. The van der Waals surface area contributed by atoms with Crippen LogP contribution in [0.25, 0.3) is 0 Å². The van der Waals surface area contributed by atoms with Gasteiger partial charge in [0.15, 0.2) is 0 Å². The summed E-state index contributed by atoms with van der Waals surface area (Å²) in [6.45, 7) is 4.83. The van der Waals surface area contributed by atoms with Crippen LogP contribution in [-0.2, 0) is 0 Å². The molecule has 1 heterocycles. The van der Waals surface area contributed by atoms with E-state index in [-0.39, 0.29) is 6.61 Å². The maximum absolute atomic E-state index is 8.55. The number of rotatable bonds is 4. The van der Waals surface area contributed by atoms with Crippen LogP contribution in [0.3, 0.4) is 0 Å². The molecule has 1 rings (SSSR count). The van der Waals surface area contributed by atoms with Gasteiger partial charge in [0.1, 0.15) is 5.82 Å². The van der Waals surface area contributed by atoms with Crippen molar-refractivity contribution in [2.24, 2.45) is 0 Å². The van der Waals surface area contributed by atoms with Crippen LogP contribution in [0.2, 0.25) is 0 Å². The van der Waals surface area contributed by atoms with Gasteiger partial charge in [0, 0.05) is 24.8 Å². The number of nitrogens with one attached hydrogen (secondary N) is 1. The Balaban J connectivity index is 2.52. The van der Waals surface area contributed by atoms with Crippen molar-refractivity contribution in [2.75, 3.05) is 18.5 Å². The van der Waals surface area contributed by atoms with Gasteiger partial charge in [-0.15, -0.1) is 0 Å². The fourth-order valence-corrected chi connectivity index (χ4v) is 0.904. The molecule has 0 saturated heterocycles. The van der Waals surface area contributed by atoms with Gasteiger partial charge in [0.2, 0.25) is 0 Å². The van der Waals surface area contributed by atoms with Crippen molar-refractivity contribution in [3.63, 3.8) is 0 Å². The minimum atomic E-state index is 0.133. The van der Waals surface area contributed by atoms with E-state index in [2.05, 4.69) is 24.3 Å². The number of nitrogens with zero attached hydrogens (tertiary/aromatic N) is 2. The molecule has 0 spiro atoms. The lowest BCUT2D eigenvalue weighted by Crippen LogP contribution is -2.07. The zero-order valence-corrected chi connectivity index (χ0v) is 7.49. The highest BCUT2D eigenvalue weighted by atomic mass is 16.3. The van der Waals surface area contributed by atoms with Gasteiger partial charge in [-0.3, -0.25) is 4.68 Å². The molecule has 0 aliphatic heterocycles. The number of hydrogen-bond acceptors (Lipinski definition) is 3. The SMILES string of the molecule is CC(C)n1ccc(NCCO)n1. The van der Waals surface area contributed by atoms with Gasteiger partial charge in [0.25, 0.3) is 0 Å². The maximum atomic E-state index is 8.55. The van der Waals surface area contributed by atoms with E-state index in [4.69, 9.17) is 5.11 Å². The molecular weight excluding hydrogens is 154 g/mol. The molecule has 0 atom stereocenters. The van der Waals surface area contributed by atoms with Crippen LogP contribution >= 0.6 is 0 Å². The first-order valence-electron chi connectivity index (χ1n) is 4.14. The van der Waals surface area contributed by atoms with E-state index in [9.17, 15) is 0 Å². The maximum Gasteiger partial charge on any atom is 0.148 e. The summed E-state index contributed by atoms with van der Waals surface area (Å²) < 4.78 is 1.87. The van der Waals surface area contributed by atoms with Crippen molar-refractivity contribution in [2.45, 2.75) is 19.9 Å². The molecule has 0 aliphatic carbocycles. The van der Waals surface area contributed by atoms with Gasteiger partial charge in [-0.1, -0.05) is 0 Å². The van der Waals surface area contributed by atoms with Crippen LogP contribution in [0.15, 0.2) is 12.3 Å². The average Bonchev–Trinajstić information content (AvgIpc) is 2.48. The lowest BCUT2D eigenvalue weighted by atomic mass is 10.4. The Bertz CT molecular complexity index is 232. The highest BCUT2D eigenvalue weighted by molar-refractivity contribution is 5.31. The number of aliphatic hydroxyl groups excluding tert-OH is 1. The highest BCUT2D eigenvalue weighted by Crippen LogP contribution is 2.07. The third-order valence-corrected chi connectivity index (χ3v) is 1.56. The van der Waals surface area contributed by atoms with Crippen molar-refractivity contribution in [1.29, 1.82) is 0 Å². The van der Waals surface area contributed by atoms with E-state index in [0.29, 0.717) is 12.6 Å². The first-order valence-corrected chi connectivity index (χ1v) is 4.14. The summed E-state index contributed by atoms with van der Waals surface area (Å²) in [5.41, 5.74) is 0. The van der Waals surface area contributed by atoms with E-state index in [1.807, 2.05) is 16.9 Å². The molecule has 1 aromatic heterocycles. The zero-order chi connectivity index (χ0) is 8.97. The fourth-order valence-electron chi connectivity index (χ4n) is 0.904. The Labute approximate surface area is 72.2 Å². The summed E-state index contributed by atoms with van der Waals surface area (Å²) in [7, 11) is 0. The second kappa shape index (κ2) is 4.11. The van der Waals surface area contributed by atoms with Crippen LogP contribution in [0.4, 0.5) is 5.82 Å². The van der Waals surface area contributed by atoms with Gasteiger partial charge in [-0.25, -0.2) is 0 Å². The molecule has 4 heteroatoms. The van der Waals surface area contributed by atoms with Gasteiger partial charge in [-0.2, -0.15) is 5.10 Å². The first-order chi connectivity index (χ1) is 5.74. The summed E-state index contributed by atoms with van der Waals surface area (Å²) in [4.78, 5) is 0. The second-order valence-electron chi connectivity index (χ2n) is 2.93. The van der Waals surface area contributed by atoms with Crippen molar-refractivity contribution in [3.8, 4) is 0 Å². The molecule has 2 N–H and O–H groups in total. The topological polar surface area (TPSA) is 50.1 Å². The number of hydrogen-bond donors (Lipinski definition) is 2. The molecule has 68 valence electrons. The van der Waals surface area contributed by atoms with Gasteiger partial charge >= 0.3 is 0 Å². The second-order valence-corrected chi connectivity index (χ2v) is 2.93. The molecule has 0 fully saturated rings. The van der Waals surface area contributed by atoms with E-state index in [0.717, 1.165) is 5.82 Å². The summed E-state index contributed by atoms with van der Waals surface area (Å²) in [5, 5.41) is 15.8. The summed E-state index contributed by atoms with van der Waals surface area (Å²) >= 11 is 0. The quantitative estimate of drug-likeness (QED) is 0.703. The summed E-state index contributed by atoms with van der Waals surface area (Å²) in [6, 6.07) is 2.28. The van der Waals surface area contributed by atoms with Gasteiger partial charge in [-0.05, 0) is 13.8 Å². The molecule has 4 nitrogen and oxygen atoms in total. The molecule has 1 aromatic rings. The highest BCUT2D eigenvalue weighted by Gasteiger charge is 1.99. The van der Waals surface area contributed by atoms with E-state index in [1.165, 1.54) is 0 Å². The predicted octanol–water partition coefficient (Wildman–Crippen LogP) is 0.868. The molecule has 0 unspecified atom stereocenters. The molecule has 0 amide bonds. The third-order valence-electron chi connectivity index (χ3n) is 1.56. The van der Waals surface area contributed by atoms with Crippen LogP contribution in [0.5, 0.6) is 0 Å².